The molecule has 1 fully saturated rings. The highest BCUT2D eigenvalue weighted by Gasteiger charge is 2.17. The molecule has 3 aromatic carbocycles. The van der Waals surface area contributed by atoms with Crippen LogP contribution in [0.5, 0.6) is 11.5 Å². The number of rotatable bonds is 6. The molecule has 0 aliphatic carbocycles. The van der Waals surface area contributed by atoms with Crippen LogP contribution in [0.3, 0.4) is 0 Å². The number of amides is 1. The van der Waals surface area contributed by atoms with Gasteiger partial charge in [-0.1, -0.05) is 30.3 Å². The number of hydrazone groups is 1. The van der Waals surface area contributed by atoms with Gasteiger partial charge in [0.25, 0.3) is 5.91 Å². The number of carbonyl (C=O) groups excluding carboxylic acids is 1. The first kappa shape index (κ1) is 21.0. The van der Waals surface area contributed by atoms with Crippen LogP contribution in [0.4, 0.5) is 5.69 Å². The molecule has 1 N–H and O–H groups in total. The Labute approximate surface area is 193 Å². The van der Waals surface area contributed by atoms with Crippen molar-refractivity contribution < 1.29 is 14.3 Å². The summed E-state index contributed by atoms with van der Waals surface area (Å²) in [7, 11) is 0. The topological polar surface area (TPSA) is 66.4 Å². The molecular formula is C26H26N4O3. The third kappa shape index (κ3) is 5.15. The molecule has 1 saturated heterocycles. The maximum absolute atomic E-state index is 12.4. The van der Waals surface area contributed by atoms with Gasteiger partial charge in [0.1, 0.15) is 0 Å². The Morgan fingerprint density at radius 1 is 0.909 bits per heavy atom. The van der Waals surface area contributed by atoms with Crippen LogP contribution in [0.15, 0.2) is 77.9 Å². The second-order valence-electron chi connectivity index (χ2n) is 8.11. The van der Waals surface area contributed by atoms with E-state index in [4.69, 9.17) is 9.47 Å². The molecule has 2 heterocycles. The number of benzene rings is 3. The van der Waals surface area contributed by atoms with Gasteiger partial charge in [-0.3, -0.25) is 9.69 Å². The minimum atomic E-state index is -0.241. The summed E-state index contributed by atoms with van der Waals surface area (Å²) >= 11 is 0. The van der Waals surface area contributed by atoms with Crippen LogP contribution in [0.1, 0.15) is 21.5 Å². The van der Waals surface area contributed by atoms with E-state index in [1.165, 1.54) is 11.3 Å². The SMILES string of the molecule is O=C(N/N=C\c1ccc2c(c1)OCO2)c1ccc(CN2CCN(c3ccccc3)CC2)cc1. The Morgan fingerprint density at radius 2 is 1.67 bits per heavy atom. The highest BCUT2D eigenvalue weighted by atomic mass is 16.7. The Morgan fingerprint density at radius 3 is 2.45 bits per heavy atom. The molecule has 0 spiro atoms. The van der Waals surface area contributed by atoms with Gasteiger partial charge >= 0.3 is 0 Å². The molecule has 2 aliphatic rings. The van der Waals surface area contributed by atoms with E-state index in [0.717, 1.165) is 38.3 Å². The lowest BCUT2D eigenvalue weighted by Crippen LogP contribution is -2.45. The Balaban J connectivity index is 1.10. The van der Waals surface area contributed by atoms with Crippen LogP contribution in [-0.2, 0) is 6.54 Å². The van der Waals surface area contributed by atoms with Crippen molar-refractivity contribution in [3.8, 4) is 11.5 Å². The average Bonchev–Trinajstić information content (AvgIpc) is 3.33. The van der Waals surface area contributed by atoms with Gasteiger partial charge in [0.2, 0.25) is 6.79 Å². The first-order chi connectivity index (χ1) is 16.2. The summed E-state index contributed by atoms with van der Waals surface area (Å²) in [5.41, 5.74) is 6.46. The Kier molecular flexibility index (Phi) is 6.21. The van der Waals surface area contributed by atoms with E-state index in [0.29, 0.717) is 17.1 Å². The van der Waals surface area contributed by atoms with Crippen molar-refractivity contribution in [1.29, 1.82) is 0 Å². The van der Waals surface area contributed by atoms with Crippen molar-refractivity contribution >= 4 is 17.8 Å². The van der Waals surface area contributed by atoms with Crippen molar-refractivity contribution in [2.75, 3.05) is 37.9 Å². The Hall–Kier alpha value is -3.84. The smallest absolute Gasteiger partial charge is 0.271 e. The lowest BCUT2D eigenvalue weighted by molar-refractivity contribution is 0.0955. The molecule has 33 heavy (non-hydrogen) atoms. The number of para-hydroxylation sites is 1. The minimum absolute atomic E-state index is 0.229. The first-order valence-corrected chi connectivity index (χ1v) is 11.1. The summed E-state index contributed by atoms with van der Waals surface area (Å²) in [5, 5.41) is 4.06. The molecule has 3 aromatic rings. The summed E-state index contributed by atoms with van der Waals surface area (Å²) in [6, 6.07) is 23.8. The molecule has 0 bridgehead atoms. The van der Waals surface area contributed by atoms with Crippen molar-refractivity contribution in [2.45, 2.75) is 6.54 Å². The van der Waals surface area contributed by atoms with Gasteiger partial charge in [-0.25, -0.2) is 5.43 Å². The molecule has 5 rings (SSSR count). The van der Waals surface area contributed by atoms with E-state index >= 15 is 0 Å². The van der Waals surface area contributed by atoms with E-state index in [1.807, 2.05) is 42.5 Å². The number of piperazine rings is 1. The van der Waals surface area contributed by atoms with Gasteiger partial charge in [0.05, 0.1) is 6.21 Å². The number of carbonyl (C=O) groups is 1. The fourth-order valence-electron chi connectivity index (χ4n) is 4.05. The van der Waals surface area contributed by atoms with Crippen LogP contribution in [0, 0.1) is 0 Å². The molecule has 7 heteroatoms. The number of hydrogen-bond donors (Lipinski definition) is 1. The van der Waals surface area contributed by atoms with Crippen molar-refractivity contribution in [3.63, 3.8) is 0 Å². The van der Waals surface area contributed by atoms with Gasteiger partial charge in [0.15, 0.2) is 11.5 Å². The van der Waals surface area contributed by atoms with E-state index in [-0.39, 0.29) is 12.7 Å². The molecule has 0 aromatic heterocycles. The van der Waals surface area contributed by atoms with Gasteiger partial charge in [-0.15, -0.1) is 0 Å². The first-order valence-electron chi connectivity index (χ1n) is 11.1. The zero-order valence-corrected chi connectivity index (χ0v) is 18.3. The predicted octanol–water partition coefficient (Wildman–Crippen LogP) is 3.50. The third-order valence-electron chi connectivity index (χ3n) is 5.89. The standard InChI is InChI=1S/C26H26N4O3/c31-26(28-27-17-21-8-11-24-25(16-21)33-19-32-24)22-9-6-20(7-10-22)18-29-12-14-30(15-13-29)23-4-2-1-3-5-23/h1-11,16-17H,12-15,18-19H2,(H,28,31)/b27-17-. The molecule has 0 saturated carbocycles. The summed E-state index contributed by atoms with van der Waals surface area (Å²) < 4.78 is 10.6. The predicted molar refractivity (Wildman–Crippen MR) is 128 cm³/mol. The highest BCUT2D eigenvalue weighted by Crippen LogP contribution is 2.31. The van der Waals surface area contributed by atoms with E-state index < -0.39 is 0 Å². The molecule has 0 unspecified atom stereocenters. The van der Waals surface area contributed by atoms with E-state index in [9.17, 15) is 4.79 Å². The number of hydrogen-bond acceptors (Lipinski definition) is 6. The molecule has 0 radical (unpaired) electrons. The van der Waals surface area contributed by atoms with Crippen molar-refractivity contribution in [3.05, 3.63) is 89.5 Å². The third-order valence-corrected chi connectivity index (χ3v) is 5.89. The number of fused-ring (bicyclic) bond motifs is 1. The zero-order chi connectivity index (χ0) is 22.5. The largest absolute Gasteiger partial charge is 0.454 e. The van der Waals surface area contributed by atoms with Crippen molar-refractivity contribution in [2.24, 2.45) is 5.10 Å². The van der Waals surface area contributed by atoms with Crippen LogP contribution in [0.2, 0.25) is 0 Å². The molecule has 2 aliphatic heterocycles. The quantitative estimate of drug-likeness (QED) is 0.468. The summed E-state index contributed by atoms with van der Waals surface area (Å²) in [6.45, 7) is 5.19. The number of nitrogens with one attached hydrogen (secondary N) is 1. The average molecular weight is 443 g/mol. The lowest BCUT2D eigenvalue weighted by Gasteiger charge is -2.36. The lowest BCUT2D eigenvalue weighted by atomic mass is 10.1. The summed E-state index contributed by atoms with van der Waals surface area (Å²) in [5.74, 6) is 1.16. The van der Waals surface area contributed by atoms with Gasteiger partial charge in [0, 0.05) is 44.0 Å². The monoisotopic (exact) mass is 442 g/mol. The fraction of sp³-hybridized carbons (Fsp3) is 0.231. The van der Waals surface area contributed by atoms with Crippen molar-refractivity contribution in [1.82, 2.24) is 10.3 Å². The van der Waals surface area contributed by atoms with E-state index in [2.05, 4.69) is 50.7 Å². The second kappa shape index (κ2) is 9.75. The van der Waals surface area contributed by atoms with Crippen LogP contribution >= 0.6 is 0 Å². The fourth-order valence-corrected chi connectivity index (χ4v) is 4.05. The number of ether oxygens (including phenoxy) is 2. The second-order valence-corrected chi connectivity index (χ2v) is 8.11. The minimum Gasteiger partial charge on any atom is -0.454 e. The van der Waals surface area contributed by atoms with Gasteiger partial charge in [-0.2, -0.15) is 5.10 Å². The zero-order valence-electron chi connectivity index (χ0n) is 18.3. The molecule has 1 amide bonds. The summed E-state index contributed by atoms with van der Waals surface area (Å²) in [6.07, 6.45) is 1.59. The number of anilines is 1. The van der Waals surface area contributed by atoms with Crippen LogP contribution in [-0.4, -0.2) is 50.0 Å². The van der Waals surface area contributed by atoms with Crippen LogP contribution in [0.25, 0.3) is 0 Å². The molecule has 168 valence electrons. The molecule has 0 atom stereocenters. The summed E-state index contributed by atoms with van der Waals surface area (Å²) in [4.78, 5) is 17.3. The molecule has 7 nitrogen and oxygen atoms in total. The van der Waals surface area contributed by atoms with Gasteiger partial charge < -0.3 is 14.4 Å². The molecular weight excluding hydrogens is 416 g/mol. The van der Waals surface area contributed by atoms with E-state index in [1.54, 1.807) is 6.21 Å². The van der Waals surface area contributed by atoms with Crippen LogP contribution < -0.4 is 19.8 Å². The normalized spacial score (nSPS) is 15.7. The maximum atomic E-state index is 12.4. The Bertz CT molecular complexity index is 1120. The number of nitrogens with zero attached hydrogens (tertiary/aromatic N) is 3. The maximum Gasteiger partial charge on any atom is 0.271 e. The van der Waals surface area contributed by atoms with Gasteiger partial charge in [-0.05, 0) is 53.6 Å². The highest BCUT2D eigenvalue weighted by molar-refractivity contribution is 5.95.